The van der Waals surface area contributed by atoms with E-state index >= 15 is 0 Å². The minimum atomic E-state index is -0.900. The van der Waals surface area contributed by atoms with E-state index < -0.39 is 17.5 Å². The van der Waals surface area contributed by atoms with E-state index in [1.807, 2.05) is 36.6 Å². The first-order chi connectivity index (χ1) is 11.6. The number of thioether (sulfide) groups is 1. The third kappa shape index (κ3) is 3.47. The Labute approximate surface area is 145 Å². The van der Waals surface area contributed by atoms with Crippen molar-refractivity contribution in [3.05, 3.63) is 65.7 Å². The lowest BCUT2D eigenvalue weighted by molar-refractivity contribution is 0.102. The number of carbonyl (C=O) groups excluding carboxylic acids is 1. The van der Waals surface area contributed by atoms with E-state index in [2.05, 4.69) is 10.3 Å². The van der Waals surface area contributed by atoms with Crippen molar-refractivity contribution in [2.75, 3.05) is 11.6 Å². The lowest BCUT2D eigenvalue weighted by Gasteiger charge is -2.06. The molecule has 0 aliphatic carbocycles. The van der Waals surface area contributed by atoms with Crippen LogP contribution >= 0.6 is 23.1 Å². The molecule has 0 atom stereocenters. The number of hydrogen-bond donors (Lipinski definition) is 1. The molecule has 0 saturated heterocycles. The van der Waals surface area contributed by atoms with Crippen LogP contribution in [0, 0.1) is 11.6 Å². The van der Waals surface area contributed by atoms with Gasteiger partial charge in [0.1, 0.15) is 22.3 Å². The molecule has 7 heteroatoms. The van der Waals surface area contributed by atoms with E-state index in [1.165, 1.54) is 23.1 Å². The Kier molecular flexibility index (Phi) is 4.92. The van der Waals surface area contributed by atoms with Gasteiger partial charge in [0.05, 0.1) is 5.56 Å². The van der Waals surface area contributed by atoms with Gasteiger partial charge in [-0.15, -0.1) is 0 Å². The second kappa shape index (κ2) is 7.11. The highest BCUT2D eigenvalue weighted by Gasteiger charge is 2.18. The minimum absolute atomic E-state index is 0.213. The largest absolute Gasteiger partial charge is 0.312 e. The van der Waals surface area contributed by atoms with Gasteiger partial charge in [-0.25, -0.2) is 13.8 Å². The summed E-state index contributed by atoms with van der Waals surface area (Å²) in [5.41, 5.74) is 1.26. The zero-order chi connectivity index (χ0) is 17.1. The first-order valence-corrected chi connectivity index (χ1v) is 8.99. The molecule has 122 valence electrons. The lowest BCUT2D eigenvalue weighted by atomic mass is 10.1. The number of amides is 1. The zero-order valence-corrected chi connectivity index (χ0v) is 14.2. The Balaban J connectivity index is 1.95. The summed E-state index contributed by atoms with van der Waals surface area (Å²) in [5.74, 6) is -2.26. The molecule has 0 unspecified atom stereocenters. The number of hydrogen-bond acceptors (Lipinski definition) is 4. The third-order valence-electron chi connectivity index (χ3n) is 3.23. The van der Waals surface area contributed by atoms with Gasteiger partial charge in [0.2, 0.25) is 0 Å². The van der Waals surface area contributed by atoms with Gasteiger partial charge in [-0.2, -0.15) is 0 Å². The SMILES string of the molecule is CSc1nc(-c2ccccc2)c(NC(=O)c2ccc(F)cc2F)s1. The summed E-state index contributed by atoms with van der Waals surface area (Å²) in [7, 11) is 0. The van der Waals surface area contributed by atoms with E-state index in [1.54, 1.807) is 0 Å². The van der Waals surface area contributed by atoms with Gasteiger partial charge in [0.15, 0.2) is 4.34 Å². The average molecular weight is 362 g/mol. The lowest BCUT2D eigenvalue weighted by Crippen LogP contribution is -2.13. The number of nitrogens with zero attached hydrogens (tertiary/aromatic N) is 1. The topological polar surface area (TPSA) is 42.0 Å². The van der Waals surface area contributed by atoms with Gasteiger partial charge in [0, 0.05) is 11.6 Å². The molecule has 3 aromatic rings. The average Bonchev–Trinajstić information content (AvgIpc) is 2.98. The van der Waals surface area contributed by atoms with Crippen molar-refractivity contribution in [2.24, 2.45) is 0 Å². The fraction of sp³-hybridized carbons (Fsp3) is 0.0588. The van der Waals surface area contributed by atoms with Crippen LogP contribution in [0.5, 0.6) is 0 Å². The van der Waals surface area contributed by atoms with Gasteiger partial charge in [-0.1, -0.05) is 53.4 Å². The molecule has 3 rings (SSSR count). The first kappa shape index (κ1) is 16.6. The van der Waals surface area contributed by atoms with E-state index in [0.717, 1.165) is 22.0 Å². The van der Waals surface area contributed by atoms with Crippen LogP contribution in [-0.4, -0.2) is 17.1 Å². The maximum absolute atomic E-state index is 13.8. The molecule has 1 amide bonds. The van der Waals surface area contributed by atoms with Gasteiger partial charge in [0.25, 0.3) is 5.91 Å². The molecule has 0 aliphatic heterocycles. The van der Waals surface area contributed by atoms with E-state index in [9.17, 15) is 13.6 Å². The summed E-state index contributed by atoms with van der Waals surface area (Å²) < 4.78 is 27.6. The highest BCUT2D eigenvalue weighted by Crippen LogP contribution is 2.37. The van der Waals surface area contributed by atoms with Crippen LogP contribution < -0.4 is 5.32 Å². The number of nitrogens with one attached hydrogen (secondary N) is 1. The number of aromatic nitrogens is 1. The van der Waals surface area contributed by atoms with Crippen LogP contribution in [0.3, 0.4) is 0 Å². The zero-order valence-electron chi connectivity index (χ0n) is 12.5. The number of anilines is 1. The van der Waals surface area contributed by atoms with Crippen molar-refractivity contribution in [1.82, 2.24) is 4.98 Å². The molecule has 1 aromatic heterocycles. The van der Waals surface area contributed by atoms with Crippen LogP contribution in [0.15, 0.2) is 52.9 Å². The Hall–Kier alpha value is -2.25. The number of rotatable bonds is 4. The smallest absolute Gasteiger partial charge is 0.259 e. The van der Waals surface area contributed by atoms with E-state index in [4.69, 9.17) is 0 Å². The van der Waals surface area contributed by atoms with Gasteiger partial charge >= 0.3 is 0 Å². The fourth-order valence-corrected chi connectivity index (χ4v) is 3.59. The molecule has 0 aliphatic rings. The third-order valence-corrected chi connectivity index (χ3v) is 5.19. The van der Waals surface area contributed by atoms with Crippen LogP contribution in [-0.2, 0) is 0 Å². The quantitative estimate of drug-likeness (QED) is 0.660. The molecular weight excluding hydrogens is 350 g/mol. The normalized spacial score (nSPS) is 10.6. The second-order valence-corrected chi connectivity index (χ2v) is 6.86. The monoisotopic (exact) mass is 362 g/mol. The van der Waals surface area contributed by atoms with Crippen LogP contribution in [0.1, 0.15) is 10.4 Å². The Morgan fingerprint density at radius 1 is 1.17 bits per heavy atom. The molecule has 1 N–H and O–H groups in total. The number of thiazole rings is 1. The molecule has 2 aromatic carbocycles. The maximum atomic E-state index is 13.8. The van der Waals surface area contributed by atoms with Crippen molar-refractivity contribution in [1.29, 1.82) is 0 Å². The van der Waals surface area contributed by atoms with Crippen molar-refractivity contribution in [2.45, 2.75) is 4.34 Å². The molecule has 0 saturated carbocycles. The summed E-state index contributed by atoms with van der Waals surface area (Å²) in [6, 6.07) is 12.3. The fourth-order valence-electron chi connectivity index (χ4n) is 2.11. The molecule has 0 bridgehead atoms. The van der Waals surface area contributed by atoms with Crippen LogP contribution in [0.4, 0.5) is 13.8 Å². The van der Waals surface area contributed by atoms with Crippen molar-refractivity contribution >= 4 is 34.0 Å². The highest BCUT2D eigenvalue weighted by molar-refractivity contribution is 8.00. The summed E-state index contributed by atoms with van der Waals surface area (Å²) in [6.07, 6.45) is 1.89. The number of halogens is 2. The number of carbonyl (C=O) groups is 1. The standard InChI is InChI=1S/C17H12F2N2OS2/c1-23-17-20-14(10-5-3-2-4-6-10)16(24-17)21-15(22)12-8-7-11(18)9-13(12)19/h2-9H,1H3,(H,21,22). The summed E-state index contributed by atoms with van der Waals surface area (Å²) in [5, 5.41) is 3.21. The van der Waals surface area contributed by atoms with Crippen molar-refractivity contribution < 1.29 is 13.6 Å². The predicted molar refractivity (Wildman–Crippen MR) is 93.6 cm³/mol. The Bertz CT molecular complexity index is 882. The van der Waals surface area contributed by atoms with Crippen molar-refractivity contribution in [3.63, 3.8) is 0 Å². The van der Waals surface area contributed by atoms with E-state index in [0.29, 0.717) is 16.8 Å². The van der Waals surface area contributed by atoms with Gasteiger partial charge in [-0.05, 0) is 18.4 Å². The summed E-state index contributed by atoms with van der Waals surface area (Å²) in [4.78, 5) is 16.8. The first-order valence-electron chi connectivity index (χ1n) is 6.95. The Morgan fingerprint density at radius 3 is 2.58 bits per heavy atom. The Morgan fingerprint density at radius 2 is 1.92 bits per heavy atom. The number of benzene rings is 2. The van der Waals surface area contributed by atoms with Gasteiger partial charge in [-0.3, -0.25) is 4.79 Å². The molecule has 3 nitrogen and oxygen atoms in total. The molecule has 24 heavy (non-hydrogen) atoms. The maximum Gasteiger partial charge on any atom is 0.259 e. The second-order valence-electron chi connectivity index (χ2n) is 4.81. The van der Waals surface area contributed by atoms with Gasteiger partial charge < -0.3 is 5.32 Å². The molecule has 1 heterocycles. The predicted octanol–water partition coefficient (Wildman–Crippen LogP) is 5.06. The molecule has 0 spiro atoms. The molecule has 0 radical (unpaired) electrons. The van der Waals surface area contributed by atoms with Crippen molar-refractivity contribution in [3.8, 4) is 11.3 Å². The molecule has 0 fully saturated rings. The van der Waals surface area contributed by atoms with Crippen LogP contribution in [0.2, 0.25) is 0 Å². The highest BCUT2D eigenvalue weighted by atomic mass is 32.2. The summed E-state index contributed by atoms with van der Waals surface area (Å²) in [6.45, 7) is 0. The minimum Gasteiger partial charge on any atom is -0.312 e. The van der Waals surface area contributed by atoms with E-state index in [-0.39, 0.29) is 5.56 Å². The summed E-state index contributed by atoms with van der Waals surface area (Å²) >= 11 is 2.77. The molecular formula is C17H12F2N2OS2. The van der Waals surface area contributed by atoms with Crippen LogP contribution in [0.25, 0.3) is 11.3 Å².